The van der Waals surface area contributed by atoms with Crippen molar-refractivity contribution in [2.75, 3.05) is 18.5 Å². The number of carbonyl (C=O) groups is 2. The molecule has 2 heterocycles. The molecule has 4 rings (SSSR count). The number of ether oxygens (including phenoxy) is 1. The molecule has 2 aromatic carbocycles. The molecule has 0 spiro atoms. The topological polar surface area (TPSA) is 58.6 Å². The van der Waals surface area contributed by atoms with Crippen molar-refractivity contribution in [3.05, 3.63) is 87.2 Å². The first-order valence-electron chi connectivity index (χ1n) is 9.91. The number of aryl methyl sites for hydroxylation is 2. The number of amides is 2. The van der Waals surface area contributed by atoms with Gasteiger partial charge < -0.3 is 10.1 Å². The number of benzene rings is 2. The predicted octanol–water partition coefficient (Wildman–Crippen LogP) is 4.91. The van der Waals surface area contributed by atoms with E-state index in [1.807, 2.05) is 32.0 Å². The van der Waals surface area contributed by atoms with E-state index >= 15 is 0 Å². The fourth-order valence-corrected chi connectivity index (χ4v) is 4.30. The van der Waals surface area contributed by atoms with Crippen LogP contribution in [0.5, 0.6) is 5.75 Å². The van der Waals surface area contributed by atoms with Crippen molar-refractivity contribution < 1.29 is 23.1 Å². The summed E-state index contributed by atoms with van der Waals surface area (Å²) < 4.78 is 32.7. The minimum atomic E-state index is -1.05. The third-order valence-corrected chi connectivity index (χ3v) is 5.79. The summed E-state index contributed by atoms with van der Waals surface area (Å²) in [7, 11) is 0. The van der Waals surface area contributed by atoms with Crippen LogP contribution in [-0.2, 0) is 9.59 Å². The lowest BCUT2D eigenvalue weighted by atomic mass is 10.1. The normalized spacial score (nSPS) is 13.8. The molecule has 1 N–H and O–H groups in total. The van der Waals surface area contributed by atoms with Crippen LogP contribution in [0, 0.1) is 25.5 Å². The monoisotopic (exact) mass is 454 g/mol. The molecule has 1 aliphatic rings. The summed E-state index contributed by atoms with van der Waals surface area (Å²) in [5.41, 5.74) is 2.49. The van der Waals surface area contributed by atoms with Gasteiger partial charge in [-0.25, -0.2) is 8.78 Å². The molecule has 2 amide bonds. The summed E-state index contributed by atoms with van der Waals surface area (Å²) in [4.78, 5) is 27.9. The van der Waals surface area contributed by atoms with E-state index in [9.17, 15) is 18.4 Å². The fraction of sp³-hybridized carbons (Fsp3) is 0.167. The number of anilines is 1. The molecule has 164 valence electrons. The molecule has 0 bridgehead atoms. The highest BCUT2D eigenvalue weighted by Gasteiger charge is 2.39. The van der Waals surface area contributed by atoms with Gasteiger partial charge in [-0.05, 0) is 60.7 Å². The maximum atomic E-state index is 13.7. The highest BCUT2D eigenvalue weighted by atomic mass is 32.1. The van der Waals surface area contributed by atoms with Gasteiger partial charge in [-0.2, -0.15) is 0 Å². The van der Waals surface area contributed by atoms with Crippen LogP contribution in [0.15, 0.2) is 59.6 Å². The Morgan fingerprint density at radius 1 is 0.969 bits per heavy atom. The number of hydrogen-bond acceptors (Lipinski definition) is 5. The van der Waals surface area contributed by atoms with Gasteiger partial charge in [0.05, 0.1) is 12.1 Å². The molecule has 1 aromatic heterocycles. The van der Waals surface area contributed by atoms with Crippen LogP contribution in [0.2, 0.25) is 0 Å². The molecular weight excluding hydrogens is 434 g/mol. The molecule has 8 heteroatoms. The van der Waals surface area contributed by atoms with E-state index in [2.05, 4.69) is 5.32 Å². The molecule has 0 atom stereocenters. The first kappa shape index (κ1) is 21.7. The van der Waals surface area contributed by atoms with Gasteiger partial charge in [-0.1, -0.05) is 12.1 Å². The molecule has 0 fully saturated rings. The minimum Gasteiger partial charge on any atom is -0.492 e. The lowest BCUT2D eigenvalue weighted by molar-refractivity contribution is -0.137. The molecule has 0 unspecified atom stereocenters. The Morgan fingerprint density at radius 3 is 2.38 bits per heavy atom. The van der Waals surface area contributed by atoms with Crippen molar-refractivity contribution in [3.8, 4) is 5.75 Å². The van der Waals surface area contributed by atoms with Crippen LogP contribution in [0.1, 0.15) is 16.0 Å². The smallest absolute Gasteiger partial charge is 0.278 e. The van der Waals surface area contributed by atoms with Gasteiger partial charge in [0.15, 0.2) is 11.6 Å². The largest absolute Gasteiger partial charge is 0.492 e. The average Bonchev–Trinajstić information content (AvgIpc) is 3.33. The molecule has 1 aliphatic heterocycles. The van der Waals surface area contributed by atoms with E-state index in [4.69, 9.17) is 4.74 Å². The Balaban J connectivity index is 1.55. The Labute approximate surface area is 187 Å². The summed E-state index contributed by atoms with van der Waals surface area (Å²) in [5.74, 6) is -2.40. The van der Waals surface area contributed by atoms with Crippen molar-refractivity contribution in [3.63, 3.8) is 0 Å². The standard InChI is InChI=1S/C24H20F2N2O3S/c1-14-10-15(2)12-17(11-14)31-8-7-28-23(29)21(20-4-3-9-32-20)22(24(28)30)27-16-5-6-18(25)19(26)13-16/h3-6,9-13,27H,7-8H2,1-2H3. The molecule has 5 nitrogen and oxygen atoms in total. The van der Waals surface area contributed by atoms with Gasteiger partial charge >= 0.3 is 0 Å². The molecule has 0 saturated carbocycles. The summed E-state index contributed by atoms with van der Waals surface area (Å²) in [5, 5.41) is 4.60. The maximum Gasteiger partial charge on any atom is 0.278 e. The Bertz CT molecular complexity index is 1200. The van der Waals surface area contributed by atoms with Crippen molar-refractivity contribution in [1.82, 2.24) is 4.90 Å². The second-order valence-electron chi connectivity index (χ2n) is 7.42. The average molecular weight is 454 g/mol. The van der Waals surface area contributed by atoms with E-state index in [1.54, 1.807) is 17.5 Å². The van der Waals surface area contributed by atoms with E-state index in [0.717, 1.165) is 28.2 Å². The number of halogens is 2. The van der Waals surface area contributed by atoms with Crippen LogP contribution in [0.4, 0.5) is 14.5 Å². The van der Waals surface area contributed by atoms with Gasteiger partial charge in [-0.15, -0.1) is 11.3 Å². The number of thiophene rings is 1. The lowest BCUT2D eigenvalue weighted by Crippen LogP contribution is -2.36. The van der Waals surface area contributed by atoms with Crippen molar-refractivity contribution in [2.45, 2.75) is 13.8 Å². The zero-order valence-electron chi connectivity index (χ0n) is 17.4. The highest BCUT2D eigenvalue weighted by molar-refractivity contribution is 7.11. The Hall–Kier alpha value is -3.52. The van der Waals surface area contributed by atoms with E-state index < -0.39 is 23.4 Å². The van der Waals surface area contributed by atoms with Gasteiger partial charge in [-0.3, -0.25) is 14.5 Å². The van der Waals surface area contributed by atoms with Crippen molar-refractivity contribution >= 4 is 34.4 Å². The number of carbonyl (C=O) groups excluding carboxylic acids is 2. The number of imide groups is 1. The van der Waals surface area contributed by atoms with Gasteiger partial charge in [0.2, 0.25) is 0 Å². The molecule has 0 saturated heterocycles. The maximum absolute atomic E-state index is 13.7. The number of hydrogen-bond donors (Lipinski definition) is 1. The van der Waals surface area contributed by atoms with E-state index in [0.29, 0.717) is 10.6 Å². The van der Waals surface area contributed by atoms with Crippen molar-refractivity contribution in [1.29, 1.82) is 0 Å². The first-order chi connectivity index (χ1) is 15.3. The zero-order chi connectivity index (χ0) is 22.8. The van der Waals surface area contributed by atoms with Crippen LogP contribution < -0.4 is 10.1 Å². The van der Waals surface area contributed by atoms with Crippen LogP contribution >= 0.6 is 11.3 Å². The molecule has 0 radical (unpaired) electrons. The number of nitrogens with zero attached hydrogens (tertiary/aromatic N) is 1. The lowest BCUT2D eigenvalue weighted by Gasteiger charge is -2.16. The second-order valence-corrected chi connectivity index (χ2v) is 8.36. The van der Waals surface area contributed by atoms with Crippen molar-refractivity contribution in [2.24, 2.45) is 0 Å². The first-order valence-corrected chi connectivity index (χ1v) is 10.8. The fourth-order valence-electron chi connectivity index (χ4n) is 3.53. The summed E-state index contributed by atoms with van der Waals surface area (Å²) >= 11 is 1.31. The van der Waals surface area contributed by atoms with Crippen LogP contribution in [-0.4, -0.2) is 29.9 Å². The van der Waals surface area contributed by atoms with Crippen LogP contribution in [0.3, 0.4) is 0 Å². The SMILES string of the molecule is Cc1cc(C)cc(OCCN2C(=O)C(Nc3ccc(F)c(F)c3)=C(c3cccs3)C2=O)c1. The Kier molecular flexibility index (Phi) is 6.05. The predicted molar refractivity (Wildman–Crippen MR) is 119 cm³/mol. The highest BCUT2D eigenvalue weighted by Crippen LogP contribution is 2.33. The summed E-state index contributed by atoms with van der Waals surface area (Å²) in [6.45, 7) is 4.08. The summed E-state index contributed by atoms with van der Waals surface area (Å²) in [6.07, 6.45) is 0. The summed E-state index contributed by atoms with van der Waals surface area (Å²) in [6, 6.07) is 12.5. The third kappa shape index (κ3) is 4.40. The molecule has 0 aliphatic carbocycles. The van der Waals surface area contributed by atoms with Gasteiger partial charge in [0, 0.05) is 16.6 Å². The second kappa shape index (κ2) is 8.92. The van der Waals surface area contributed by atoms with E-state index in [-0.39, 0.29) is 30.1 Å². The third-order valence-electron chi connectivity index (χ3n) is 4.90. The molecule has 3 aromatic rings. The van der Waals surface area contributed by atoms with Gasteiger partial charge in [0.25, 0.3) is 11.8 Å². The van der Waals surface area contributed by atoms with E-state index in [1.165, 1.54) is 17.4 Å². The zero-order valence-corrected chi connectivity index (χ0v) is 18.3. The van der Waals surface area contributed by atoms with Crippen LogP contribution in [0.25, 0.3) is 5.57 Å². The van der Waals surface area contributed by atoms with Gasteiger partial charge in [0.1, 0.15) is 18.1 Å². The number of nitrogens with one attached hydrogen (secondary N) is 1. The minimum absolute atomic E-state index is 0.0230. The number of rotatable bonds is 7. The Morgan fingerprint density at radius 2 is 1.72 bits per heavy atom. The molecular formula is C24H20F2N2O3S. The molecule has 32 heavy (non-hydrogen) atoms. The quantitative estimate of drug-likeness (QED) is 0.515.